The lowest BCUT2D eigenvalue weighted by molar-refractivity contribution is -0.117. The van der Waals surface area contributed by atoms with Crippen molar-refractivity contribution < 1.29 is 18.7 Å². The van der Waals surface area contributed by atoms with Gasteiger partial charge in [-0.1, -0.05) is 11.6 Å². The van der Waals surface area contributed by atoms with Crippen molar-refractivity contribution in [1.82, 2.24) is 0 Å². The van der Waals surface area contributed by atoms with Crippen molar-refractivity contribution in [1.29, 1.82) is 0 Å². The molecule has 4 nitrogen and oxygen atoms in total. The number of nitrogens with one attached hydrogen (secondary N) is 1. The third-order valence-corrected chi connectivity index (χ3v) is 2.34. The molecule has 17 heavy (non-hydrogen) atoms. The molecule has 0 saturated carbocycles. The van der Waals surface area contributed by atoms with E-state index in [0.717, 1.165) is 0 Å². The van der Waals surface area contributed by atoms with Crippen LogP contribution in [0.3, 0.4) is 0 Å². The van der Waals surface area contributed by atoms with E-state index in [-0.39, 0.29) is 10.8 Å². The Hall–Kier alpha value is -1.75. The number of anilines is 1. The quantitative estimate of drug-likeness (QED) is 0.884. The highest BCUT2D eigenvalue weighted by atomic mass is 35.5. The van der Waals surface area contributed by atoms with Crippen molar-refractivity contribution in [2.75, 3.05) is 18.5 Å². The van der Waals surface area contributed by atoms with Crippen molar-refractivity contribution in [2.45, 2.75) is 0 Å². The zero-order valence-electron chi connectivity index (χ0n) is 8.70. The third-order valence-electron chi connectivity index (χ3n) is 2.05. The number of halogens is 2. The fraction of sp³-hybridized carbons (Fsp3) is 0.182. The third kappa shape index (κ3) is 2.88. The Bertz CT molecular complexity index is 476. The Morgan fingerprint density at radius 1 is 1.41 bits per heavy atom. The topological polar surface area (TPSA) is 47.6 Å². The first-order valence-corrected chi connectivity index (χ1v) is 5.25. The number of hydrogen-bond acceptors (Lipinski definition) is 3. The summed E-state index contributed by atoms with van der Waals surface area (Å²) in [6.07, 6.45) is 1.24. The second-order valence-electron chi connectivity index (χ2n) is 3.28. The molecule has 90 valence electrons. The molecule has 0 fully saturated rings. The van der Waals surface area contributed by atoms with Crippen LogP contribution in [0.4, 0.5) is 10.1 Å². The summed E-state index contributed by atoms with van der Waals surface area (Å²) in [7, 11) is 0. The first-order valence-electron chi connectivity index (χ1n) is 4.88. The van der Waals surface area contributed by atoms with E-state index >= 15 is 0 Å². The monoisotopic (exact) mass is 257 g/mol. The molecule has 0 spiro atoms. The normalized spacial score (nSPS) is 14.4. The molecule has 1 aliphatic heterocycles. The van der Waals surface area contributed by atoms with Gasteiger partial charge in [-0.25, -0.2) is 4.39 Å². The molecular weight excluding hydrogens is 249 g/mol. The summed E-state index contributed by atoms with van der Waals surface area (Å²) in [5.74, 6) is -0.926. The zero-order chi connectivity index (χ0) is 12.3. The molecule has 2 rings (SSSR count). The average Bonchev–Trinajstić information content (AvgIpc) is 2.35. The summed E-state index contributed by atoms with van der Waals surface area (Å²) in [4.78, 5) is 11.6. The molecule has 1 aromatic rings. The Morgan fingerprint density at radius 3 is 2.88 bits per heavy atom. The molecule has 1 heterocycles. The Balaban J connectivity index is 2.07. The molecule has 0 atom stereocenters. The second-order valence-corrected chi connectivity index (χ2v) is 3.69. The van der Waals surface area contributed by atoms with Crippen LogP contribution in [0.15, 0.2) is 30.2 Å². The van der Waals surface area contributed by atoms with Gasteiger partial charge < -0.3 is 14.8 Å². The number of ether oxygens (including phenoxy) is 2. The summed E-state index contributed by atoms with van der Waals surface area (Å²) in [5.41, 5.74) is 0.386. The molecule has 1 N–H and O–H groups in total. The van der Waals surface area contributed by atoms with Gasteiger partial charge in [0.05, 0.1) is 5.02 Å². The Kier molecular flexibility index (Phi) is 3.49. The second kappa shape index (κ2) is 5.05. The summed E-state index contributed by atoms with van der Waals surface area (Å²) >= 11 is 5.59. The predicted molar refractivity (Wildman–Crippen MR) is 60.0 cm³/mol. The molecule has 1 aliphatic rings. The van der Waals surface area contributed by atoms with Crippen molar-refractivity contribution in [3.8, 4) is 0 Å². The smallest absolute Gasteiger partial charge is 0.294 e. The van der Waals surface area contributed by atoms with Crippen LogP contribution < -0.4 is 5.32 Å². The lowest BCUT2D eigenvalue weighted by atomic mass is 10.3. The maximum absolute atomic E-state index is 12.9. The van der Waals surface area contributed by atoms with Crippen molar-refractivity contribution >= 4 is 23.2 Å². The van der Waals surface area contributed by atoms with E-state index in [9.17, 15) is 9.18 Å². The highest BCUT2D eigenvalue weighted by Gasteiger charge is 2.15. The molecular formula is C11H9ClFNO3. The lowest BCUT2D eigenvalue weighted by Gasteiger charge is -2.15. The predicted octanol–water partition coefficient (Wildman–Crippen LogP) is 2.31. The molecule has 0 aliphatic carbocycles. The minimum absolute atomic E-state index is 0.0578. The van der Waals surface area contributed by atoms with Gasteiger partial charge in [-0.15, -0.1) is 0 Å². The van der Waals surface area contributed by atoms with Crippen LogP contribution >= 0.6 is 11.6 Å². The van der Waals surface area contributed by atoms with Crippen LogP contribution in [-0.2, 0) is 14.3 Å². The van der Waals surface area contributed by atoms with E-state index in [1.54, 1.807) is 0 Å². The van der Waals surface area contributed by atoms with Crippen molar-refractivity contribution in [2.24, 2.45) is 0 Å². The number of benzene rings is 1. The largest absolute Gasteiger partial charge is 0.494 e. The summed E-state index contributed by atoms with van der Waals surface area (Å²) in [6.45, 7) is 0.739. The van der Waals surface area contributed by atoms with Gasteiger partial charge in [-0.05, 0) is 18.2 Å². The highest BCUT2D eigenvalue weighted by molar-refractivity contribution is 6.31. The fourth-order valence-corrected chi connectivity index (χ4v) is 1.43. The molecule has 0 radical (unpaired) electrons. The van der Waals surface area contributed by atoms with Crippen molar-refractivity contribution in [3.63, 3.8) is 0 Å². The number of rotatable bonds is 2. The van der Waals surface area contributed by atoms with E-state index in [4.69, 9.17) is 21.1 Å². The fourth-order valence-electron chi connectivity index (χ4n) is 1.25. The maximum atomic E-state index is 12.9. The lowest BCUT2D eigenvalue weighted by Crippen LogP contribution is -2.21. The molecule has 0 bridgehead atoms. The van der Waals surface area contributed by atoms with Gasteiger partial charge in [-0.2, -0.15) is 0 Å². The molecule has 0 unspecified atom stereocenters. The zero-order valence-corrected chi connectivity index (χ0v) is 9.46. The number of hydrogen-bond donors (Lipinski definition) is 1. The van der Waals surface area contributed by atoms with Gasteiger partial charge in [0.1, 0.15) is 25.3 Å². The number of amides is 1. The van der Waals surface area contributed by atoms with Crippen LogP contribution in [0.25, 0.3) is 0 Å². The van der Waals surface area contributed by atoms with Crippen LogP contribution in [0.2, 0.25) is 5.02 Å². The molecule has 1 aromatic carbocycles. The molecule has 6 heteroatoms. The van der Waals surface area contributed by atoms with Gasteiger partial charge in [0.2, 0.25) is 5.76 Å². The molecule has 0 saturated heterocycles. The SMILES string of the molecule is O=C(Nc1ccc(F)c(Cl)c1)C1=COCCO1. The number of carbonyl (C=O) groups is 1. The van der Waals surface area contributed by atoms with Gasteiger partial charge in [-0.3, -0.25) is 4.79 Å². The van der Waals surface area contributed by atoms with Gasteiger partial charge >= 0.3 is 0 Å². The van der Waals surface area contributed by atoms with Gasteiger partial charge in [0.15, 0.2) is 0 Å². The van der Waals surface area contributed by atoms with E-state index in [2.05, 4.69) is 5.32 Å². The van der Waals surface area contributed by atoms with E-state index in [0.29, 0.717) is 18.9 Å². The summed E-state index contributed by atoms with van der Waals surface area (Å²) in [5, 5.41) is 2.46. The van der Waals surface area contributed by atoms with Crippen LogP contribution in [0.5, 0.6) is 0 Å². The molecule has 0 aromatic heterocycles. The number of carbonyl (C=O) groups excluding carboxylic acids is 1. The first kappa shape index (κ1) is 11.7. The Labute approximate surface area is 102 Å². The minimum atomic E-state index is -0.541. The molecule has 1 amide bonds. The van der Waals surface area contributed by atoms with Gasteiger partial charge in [0, 0.05) is 5.69 Å². The van der Waals surface area contributed by atoms with E-state index < -0.39 is 11.7 Å². The highest BCUT2D eigenvalue weighted by Crippen LogP contribution is 2.20. The standard InChI is InChI=1S/C11H9ClFNO3/c12-8-5-7(1-2-9(8)13)14-11(15)10-6-16-3-4-17-10/h1-2,5-6H,3-4H2,(H,14,15). The maximum Gasteiger partial charge on any atom is 0.294 e. The summed E-state index contributed by atoms with van der Waals surface area (Å²) < 4.78 is 22.9. The Morgan fingerprint density at radius 2 is 2.24 bits per heavy atom. The van der Waals surface area contributed by atoms with E-state index in [1.807, 2.05) is 0 Å². The average molecular weight is 258 g/mol. The van der Waals surface area contributed by atoms with Crippen LogP contribution in [-0.4, -0.2) is 19.1 Å². The van der Waals surface area contributed by atoms with E-state index in [1.165, 1.54) is 24.5 Å². The van der Waals surface area contributed by atoms with Crippen molar-refractivity contribution in [3.05, 3.63) is 41.1 Å². The first-order chi connectivity index (χ1) is 8.16. The summed E-state index contributed by atoms with van der Waals surface area (Å²) in [6, 6.07) is 3.90. The minimum Gasteiger partial charge on any atom is -0.494 e. The van der Waals surface area contributed by atoms with Gasteiger partial charge in [0.25, 0.3) is 5.91 Å². The van der Waals surface area contributed by atoms with Crippen LogP contribution in [0.1, 0.15) is 0 Å². The van der Waals surface area contributed by atoms with Crippen LogP contribution in [0, 0.1) is 5.82 Å².